The van der Waals surface area contributed by atoms with E-state index in [1.807, 2.05) is 30.3 Å². The first-order valence-electron chi connectivity index (χ1n) is 11.8. The molecule has 0 aliphatic heterocycles. The van der Waals surface area contributed by atoms with Crippen LogP contribution < -0.4 is 14.2 Å². The third-order valence-corrected chi connectivity index (χ3v) is 7.85. The van der Waals surface area contributed by atoms with Crippen molar-refractivity contribution in [3.05, 3.63) is 120 Å². The quantitative estimate of drug-likeness (QED) is 0.229. The van der Waals surface area contributed by atoms with Gasteiger partial charge in [-0.25, -0.2) is 12.4 Å². The molecule has 0 aliphatic carbocycles. The highest BCUT2D eigenvalue weighted by Gasteiger charge is 2.27. The maximum Gasteiger partial charge on any atom is 0.268 e. The van der Waals surface area contributed by atoms with Gasteiger partial charge < -0.3 is 14.2 Å². The molecule has 0 atom stereocenters. The summed E-state index contributed by atoms with van der Waals surface area (Å²) in [5.74, 6) is 0.887. The van der Waals surface area contributed by atoms with Gasteiger partial charge in [-0.1, -0.05) is 48.5 Å². The Balaban J connectivity index is 1.64. The molecule has 1 heterocycles. The normalized spacial score (nSPS) is 11.3. The second-order valence-corrected chi connectivity index (χ2v) is 10.3. The van der Waals surface area contributed by atoms with E-state index in [0.29, 0.717) is 34.8 Å². The van der Waals surface area contributed by atoms with Gasteiger partial charge in [0.15, 0.2) is 0 Å². The lowest BCUT2D eigenvalue weighted by molar-refractivity contribution is 0.103. The van der Waals surface area contributed by atoms with Gasteiger partial charge in [-0.15, -0.1) is 0 Å². The molecule has 0 spiro atoms. The van der Waals surface area contributed by atoms with Crippen molar-refractivity contribution in [1.29, 1.82) is 0 Å². The minimum Gasteiger partial charge on any atom is -0.497 e. The van der Waals surface area contributed by atoms with E-state index >= 15 is 0 Å². The number of methoxy groups -OCH3 is 2. The van der Waals surface area contributed by atoms with Gasteiger partial charge in [0.1, 0.15) is 29.5 Å². The lowest BCUT2D eigenvalue weighted by Gasteiger charge is -2.13. The molecule has 0 amide bonds. The first-order valence-corrected chi connectivity index (χ1v) is 13.3. The van der Waals surface area contributed by atoms with Crippen LogP contribution in [0.1, 0.15) is 21.6 Å². The Kier molecular flexibility index (Phi) is 6.89. The monoisotopic (exact) mass is 527 g/mol. The first-order chi connectivity index (χ1) is 18.4. The summed E-state index contributed by atoms with van der Waals surface area (Å²) in [5.41, 5.74) is 1.58. The molecule has 4 aromatic carbocycles. The van der Waals surface area contributed by atoms with Crippen LogP contribution in [-0.4, -0.2) is 32.4 Å². The molecule has 5 aromatic rings. The fraction of sp³-hybridized carbons (Fsp3) is 0.100. The summed E-state index contributed by atoms with van der Waals surface area (Å²) in [4.78, 5) is 13.9. The summed E-state index contributed by atoms with van der Waals surface area (Å²) in [6.45, 7) is 0.352. The summed E-state index contributed by atoms with van der Waals surface area (Å²) < 4.78 is 45.3. The van der Waals surface area contributed by atoms with Gasteiger partial charge >= 0.3 is 0 Å². The van der Waals surface area contributed by atoms with Crippen LogP contribution in [-0.2, 0) is 16.6 Å². The first kappa shape index (κ1) is 25.1. The fourth-order valence-electron chi connectivity index (χ4n) is 4.20. The SMILES string of the molecule is COc1cc(OC)cc(C(=O)c2cc3cc(OCc4ccccc4)ccc3n2S(=O)(=O)c2ccccc2)c1. The molecule has 38 heavy (non-hydrogen) atoms. The third kappa shape index (κ3) is 4.86. The van der Waals surface area contributed by atoms with E-state index in [0.717, 1.165) is 9.54 Å². The Bertz CT molecular complexity index is 1690. The predicted octanol–water partition coefficient (Wildman–Crippen LogP) is 5.71. The maximum atomic E-state index is 13.8. The molecule has 1 aromatic heterocycles. The number of aromatic nitrogens is 1. The van der Waals surface area contributed by atoms with Crippen LogP contribution in [0.15, 0.2) is 108 Å². The van der Waals surface area contributed by atoms with Crippen molar-refractivity contribution in [2.24, 2.45) is 0 Å². The van der Waals surface area contributed by atoms with Gasteiger partial charge in [0, 0.05) is 17.0 Å². The molecular weight excluding hydrogens is 502 g/mol. The van der Waals surface area contributed by atoms with Crippen molar-refractivity contribution in [1.82, 2.24) is 3.97 Å². The van der Waals surface area contributed by atoms with Gasteiger partial charge in [-0.2, -0.15) is 0 Å². The minimum atomic E-state index is -4.11. The molecule has 0 radical (unpaired) electrons. The number of hydrogen-bond donors (Lipinski definition) is 0. The van der Waals surface area contributed by atoms with Crippen LogP contribution in [0.2, 0.25) is 0 Å². The molecule has 0 aliphatic rings. The average molecular weight is 528 g/mol. The zero-order valence-corrected chi connectivity index (χ0v) is 21.6. The Morgan fingerprint density at radius 2 is 1.37 bits per heavy atom. The van der Waals surface area contributed by atoms with Gasteiger partial charge in [0.2, 0.25) is 5.78 Å². The largest absolute Gasteiger partial charge is 0.497 e. The average Bonchev–Trinajstić information content (AvgIpc) is 3.36. The summed E-state index contributed by atoms with van der Waals surface area (Å²) in [5, 5.41) is 0.549. The number of hydrogen-bond acceptors (Lipinski definition) is 6. The number of ketones is 1. The van der Waals surface area contributed by atoms with Crippen LogP contribution in [0, 0.1) is 0 Å². The Morgan fingerprint density at radius 3 is 2.00 bits per heavy atom. The maximum absolute atomic E-state index is 13.8. The van der Waals surface area contributed by atoms with E-state index in [9.17, 15) is 13.2 Å². The predicted molar refractivity (Wildman–Crippen MR) is 145 cm³/mol. The zero-order valence-electron chi connectivity index (χ0n) is 20.8. The molecule has 8 heteroatoms. The van der Waals surface area contributed by atoms with Gasteiger partial charge in [-0.3, -0.25) is 4.79 Å². The molecule has 0 saturated heterocycles. The van der Waals surface area contributed by atoms with Crippen molar-refractivity contribution in [2.75, 3.05) is 14.2 Å². The molecule has 192 valence electrons. The van der Waals surface area contributed by atoms with E-state index in [-0.39, 0.29) is 16.2 Å². The minimum absolute atomic E-state index is 0.0145. The number of nitrogens with zero attached hydrogens (tertiary/aromatic N) is 1. The van der Waals surface area contributed by atoms with E-state index in [1.165, 1.54) is 26.4 Å². The highest BCUT2D eigenvalue weighted by atomic mass is 32.2. The zero-order chi connectivity index (χ0) is 26.7. The third-order valence-electron chi connectivity index (χ3n) is 6.10. The number of fused-ring (bicyclic) bond motifs is 1. The lowest BCUT2D eigenvalue weighted by atomic mass is 10.1. The topological polar surface area (TPSA) is 83.8 Å². The molecule has 7 nitrogen and oxygen atoms in total. The van der Waals surface area contributed by atoms with Gasteiger partial charge in [-0.05, 0) is 54.1 Å². The highest BCUT2D eigenvalue weighted by molar-refractivity contribution is 7.90. The molecule has 0 saturated carbocycles. The molecule has 5 rings (SSSR count). The standard InChI is InChI=1S/C30H25NO6S/c1-35-25-16-23(17-26(19-25)36-2)30(32)29-18-22-15-24(37-20-21-9-5-3-6-10-21)13-14-28(22)31(29)38(33,34)27-11-7-4-8-12-27/h3-19H,20H2,1-2H3. The van der Waals surface area contributed by atoms with Gasteiger partial charge in [0.25, 0.3) is 10.0 Å². The van der Waals surface area contributed by atoms with Crippen molar-refractivity contribution < 1.29 is 27.4 Å². The lowest BCUT2D eigenvalue weighted by Crippen LogP contribution is -2.19. The number of carbonyl (C=O) groups excluding carboxylic acids is 1. The number of benzene rings is 4. The molecule has 0 N–H and O–H groups in total. The molecule has 0 unspecified atom stereocenters. The van der Waals surface area contributed by atoms with Crippen molar-refractivity contribution in [2.45, 2.75) is 11.5 Å². The van der Waals surface area contributed by atoms with Gasteiger partial charge in [0.05, 0.1) is 24.6 Å². The van der Waals surface area contributed by atoms with Crippen LogP contribution in [0.4, 0.5) is 0 Å². The van der Waals surface area contributed by atoms with Crippen molar-refractivity contribution in [3.8, 4) is 17.2 Å². The summed E-state index contributed by atoms with van der Waals surface area (Å²) in [6, 6.07) is 29.1. The fourth-order valence-corrected chi connectivity index (χ4v) is 5.73. The smallest absolute Gasteiger partial charge is 0.268 e. The number of rotatable bonds is 9. The van der Waals surface area contributed by atoms with E-state index in [4.69, 9.17) is 14.2 Å². The van der Waals surface area contributed by atoms with E-state index < -0.39 is 15.8 Å². The Morgan fingerprint density at radius 1 is 0.737 bits per heavy atom. The summed E-state index contributed by atoms with van der Waals surface area (Å²) in [7, 11) is -1.15. The Labute approximate surface area is 220 Å². The molecular formula is C30H25NO6S. The van der Waals surface area contributed by atoms with Crippen LogP contribution in [0.3, 0.4) is 0 Å². The summed E-state index contributed by atoms with van der Waals surface area (Å²) >= 11 is 0. The molecule has 0 fully saturated rings. The van der Waals surface area contributed by atoms with Crippen LogP contribution in [0.25, 0.3) is 10.9 Å². The second-order valence-electron chi connectivity index (χ2n) is 8.54. The number of carbonyl (C=O) groups is 1. The van der Waals surface area contributed by atoms with E-state index in [1.54, 1.807) is 60.7 Å². The van der Waals surface area contributed by atoms with Crippen molar-refractivity contribution in [3.63, 3.8) is 0 Å². The summed E-state index contributed by atoms with van der Waals surface area (Å²) in [6.07, 6.45) is 0. The van der Waals surface area contributed by atoms with Crippen molar-refractivity contribution >= 4 is 26.7 Å². The number of ether oxygens (including phenoxy) is 3. The highest BCUT2D eigenvalue weighted by Crippen LogP contribution is 2.32. The van der Waals surface area contributed by atoms with Crippen LogP contribution in [0.5, 0.6) is 17.2 Å². The Hall–Kier alpha value is -4.56. The van der Waals surface area contributed by atoms with Crippen LogP contribution >= 0.6 is 0 Å². The van der Waals surface area contributed by atoms with E-state index in [2.05, 4.69) is 0 Å². The molecule has 0 bridgehead atoms. The second kappa shape index (κ2) is 10.4.